The molecule has 0 aliphatic carbocycles. The molecule has 1 saturated heterocycles. The van der Waals surface area contributed by atoms with E-state index in [0.717, 1.165) is 11.0 Å². The number of anilines is 1. The summed E-state index contributed by atoms with van der Waals surface area (Å²) in [6, 6.07) is 2.51. The van der Waals surface area contributed by atoms with Crippen LogP contribution in [0.5, 0.6) is 0 Å². The molecule has 64 valence electrons. The smallest absolute Gasteiger partial charge is 0.137 e. The molecule has 4 heteroatoms. The van der Waals surface area contributed by atoms with Crippen LogP contribution in [0.25, 0.3) is 0 Å². The van der Waals surface area contributed by atoms with Crippen LogP contribution in [-0.4, -0.2) is 11.5 Å². The fourth-order valence-corrected chi connectivity index (χ4v) is 1.59. The number of hydrogen-bond donors (Lipinski definition) is 2. The van der Waals surface area contributed by atoms with Gasteiger partial charge in [-0.2, -0.15) is 0 Å². The molecule has 3 nitrogen and oxygen atoms in total. The zero-order chi connectivity index (χ0) is 8.55. The van der Waals surface area contributed by atoms with Gasteiger partial charge in [-0.05, 0) is 40.5 Å². The van der Waals surface area contributed by atoms with Crippen LogP contribution in [0.2, 0.25) is 0 Å². The second kappa shape index (κ2) is 3.03. The lowest BCUT2D eigenvalue weighted by atomic mass is 10.00. The molecule has 1 aliphatic heterocycles. The van der Waals surface area contributed by atoms with E-state index in [9.17, 15) is 0 Å². The zero-order valence-corrected chi connectivity index (χ0v) is 8.13. The number of aromatic nitrogens is 1. The number of nitrogens with one attached hydrogen (secondary N) is 1. The molecule has 1 aliphatic rings. The summed E-state index contributed by atoms with van der Waals surface area (Å²) in [5.41, 5.74) is 6.78. The SMILES string of the molecule is Nc1ncc(C2CCN2)cc1Br. The van der Waals surface area contributed by atoms with Crippen molar-refractivity contribution in [1.82, 2.24) is 10.3 Å². The minimum Gasteiger partial charge on any atom is -0.383 e. The van der Waals surface area contributed by atoms with Gasteiger partial charge in [0.25, 0.3) is 0 Å². The first kappa shape index (κ1) is 8.01. The summed E-state index contributed by atoms with van der Waals surface area (Å²) in [4.78, 5) is 4.07. The molecule has 0 amide bonds. The predicted molar refractivity (Wildman–Crippen MR) is 51.7 cm³/mol. The monoisotopic (exact) mass is 227 g/mol. The van der Waals surface area contributed by atoms with E-state index in [2.05, 4.69) is 26.2 Å². The van der Waals surface area contributed by atoms with Gasteiger partial charge in [0.1, 0.15) is 5.82 Å². The van der Waals surface area contributed by atoms with Gasteiger partial charge in [0.05, 0.1) is 4.47 Å². The predicted octanol–water partition coefficient (Wildman–Crippen LogP) is 1.46. The van der Waals surface area contributed by atoms with Crippen LogP contribution in [0.4, 0.5) is 5.82 Å². The Morgan fingerprint density at radius 2 is 2.42 bits per heavy atom. The van der Waals surface area contributed by atoms with Gasteiger partial charge < -0.3 is 11.1 Å². The Balaban J connectivity index is 2.27. The van der Waals surface area contributed by atoms with E-state index in [1.807, 2.05) is 12.3 Å². The molecule has 2 heterocycles. The van der Waals surface area contributed by atoms with Crippen LogP contribution in [0.3, 0.4) is 0 Å². The average Bonchev–Trinajstić information content (AvgIpc) is 1.93. The number of rotatable bonds is 1. The largest absolute Gasteiger partial charge is 0.383 e. The first-order valence-corrected chi connectivity index (χ1v) is 4.71. The fourth-order valence-electron chi connectivity index (χ4n) is 1.23. The lowest BCUT2D eigenvalue weighted by Crippen LogP contribution is -2.35. The number of nitrogens with two attached hydrogens (primary N) is 1. The normalized spacial score (nSPS) is 21.9. The highest BCUT2D eigenvalue weighted by atomic mass is 79.9. The Morgan fingerprint density at radius 3 is 2.92 bits per heavy atom. The van der Waals surface area contributed by atoms with Crippen molar-refractivity contribution in [3.05, 3.63) is 22.3 Å². The summed E-state index contributed by atoms with van der Waals surface area (Å²) < 4.78 is 0.883. The second-order valence-corrected chi connectivity index (χ2v) is 3.79. The molecule has 3 N–H and O–H groups in total. The lowest BCUT2D eigenvalue weighted by molar-refractivity contribution is 0.382. The molecule has 2 rings (SSSR count). The van der Waals surface area contributed by atoms with Crippen molar-refractivity contribution < 1.29 is 0 Å². The molecule has 1 unspecified atom stereocenters. The minimum absolute atomic E-state index is 0.481. The standard InChI is InChI=1S/C8H10BrN3/c9-6-3-5(4-12-8(6)10)7-1-2-11-7/h3-4,7,11H,1-2H2,(H2,10,12). The maximum absolute atomic E-state index is 5.57. The van der Waals surface area contributed by atoms with Gasteiger partial charge in [0.2, 0.25) is 0 Å². The molecule has 1 aromatic heterocycles. The molecule has 0 saturated carbocycles. The highest BCUT2D eigenvalue weighted by Gasteiger charge is 2.18. The van der Waals surface area contributed by atoms with Gasteiger partial charge in [-0.15, -0.1) is 0 Å². The number of pyridine rings is 1. The summed E-state index contributed by atoms with van der Waals surface area (Å²) in [6.45, 7) is 1.10. The van der Waals surface area contributed by atoms with Crippen molar-refractivity contribution in [2.75, 3.05) is 12.3 Å². The van der Waals surface area contributed by atoms with Crippen molar-refractivity contribution in [3.63, 3.8) is 0 Å². The number of nitrogen functional groups attached to an aromatic ring is 1. The highest BCUT2D eigenvalue weighted by Crippen LogP contribution is 2.26. The van der Waals surface area contributed by atoms with E-state index in [1.54, 1.807) is 0 Å². The van der Waals surface area contributed by atoms with Crippen LogP contribution in [0.1, 0.15) is 18.0 Å². The molecule has 0 bridgehead atoms. The molecule has 0 radical (unpaired) electrons. The van der Waals surface area contributed by atoms with Crippen molar-refractivity contribution in [1.29, 1.82) is 0 Å². The first-order chi connectivity index (χ1) is 5.77. The molecule has 1 atom stereocenters. The van der Waals surface area contributed by atoms with E-state index in [-0.39, 0.29) is 0 Å². The van der Waals surface area contributed by atoms with Crippen molar-refractivity contribution in [2.45, 2.75) is 12.5 Å². The van der Waals surface area contributed by atoms with Gasteiger partial charge in [-0.1, -0.05) is 0 Å². The van der Waals surface area contributed by atoms with Gasteiger partial charge in [-0.25, -0.2) is 4.98 Å². The van der Waals surface area contributed by atoms with E-state index in [4.69, 9.17) is 5.73 Å². The summed E-state index contributed by atoms with van der Waals surface area (Å²) in [5, 5.41) is 3.31. The van der Waals surface area contributed by atoms with Gasteiger partial charge in [0, 0.05) is 12.2 Å². The summed E-state index contributed by atoms with van der Waals surface area (Å²) in [5.74, 6) is 0.554. The molecule has 0 spiro atoms. The van der Waals surface area contributed by atoms with Crippen LogP contribution >= 0.6 is 15.9 Å². The summed E-state index contributed by atoms with van der Waals surface area (Å²) in [7, 11) is 0. The Labute approximate surface area is 79.5 Å². The first-order valence-electron chi connectivity index (χ1n) is 3.91. The van der Waals surface area contributed by atoms with E-state index < -0.39 is 0 Å². The highest BCUT2D eigenvalue weighted by molar-refractivity contribution is 9.10. The van der Waals surface area contributed by atoms with E-state index in [1.165, 1.54) is 12.0 Å². The quantitative estimate of drug-likeness (QED) is 0.765. The van der Waals surface area contributed by atoms with E-state index in [0.29, 0.717) is 11.9 Å². The maximum atomic E-state index is 5.57. The molecule has 0 aromatic carbocycles. The second-order valence-electron chi connectivity index (χ2n) is 2.93. The zero-order valence-electron chi connectivity index (χ0n) is 6.55. The molecular formula is C8H10BrN3. The van der Waals surface area contributed by atoms with E-state index >= 15 is 0 Å². The average molecular weight is 228 g/mol. The maximum Gasteiger partial charge on any atom is 0.137 e. The van der Waals surface area contributed by atoms with Gasteiger partial charge >= 0.3 is 0 Å². The number of halogens is 1. The Hall–Kier alpha value is -0.610. The third-order valence-corrected chi connectivity index (χ3v) is 2.75. The number of hydrogen-bond acceptors (Lipinski definition) is 3. The lowest BCUT2D eigenvalue weighted by Gasteiger charge is -2.27. The van der Waals surface area contributed by atoms with Crippen molar-refractivity contribution in [2.24, 2.45) is 0 Å². The summed E-state index contributed by atoms with van der Waals surface area (Å²) in [6.07, 6.45) is 3.02. The Kier molecular flexibility index (Phi) is 2.02. The van der Waals surface area contributed by atoms with Crippen molar-refractivity contribution in [3.8, 4) is 0 Å². The third-order valence-electron chi connectivity index (χ3n) is 2.12. The Morgan fingerprint density at radius 1 is 1.67 bits per heavy atom. The van der Waals surface area contributed by atoms with Crippen LogP contribution < -0.4 is 11.1 Å². The number of nitrogens with zero attached hydrogens (tertiary/aromatic N) is 1. The Bertz CT molecular complexity index is 296. The molecule has 1 aromatic rings. The minimum atomic E-state index is 0.481. The van der Waals surface area contributed by atoms with Gasteiger partial charge in [-0.3, -0.25) is 0 Å². The van der Waals surface area contributed by atoms with Crippen LogP contribution in [0.15, 0.2) is 16.7 Å². The van der Waals surface area contributed by atoms with Crippen LogP contribution in [-0.2, 0) is 0 Å². The van der Waals surface area contributed by atoms with Gasteiger partial charge in [0.15, 0.2) is 0 Å². The van der Waals surface area contributed by atoms with Crippen molar-refractivity contribution >= 4 is 21.7 Å². The molecule has 12 heavy (non-hydrogen) atoms. The third kappa shape index (κ3) is 1.32. The molecular weight excluding hydrogens is 218 g/mol. The van der Waals surface area contributed by atoms with Crippen LogP contribution in [0, 0.1) is 0 Å². The molecule has 1 fully saturated rings. The fraction of sp³-hybridized carbons (Fsp3) is 0.375. The topological polar surface area (TPSA) is 50.9 Å². The summed E-state index contributed by atoms with van der Waals surface area (Å²) >= 11 is 3.35.